The predicted octanol–water partition coefficient (Wildman–Crippen LogP) is 3.51. The number of rotatable bonds is 5. The molecule has 2 aromatic rings. The van der Waals surface area contributed by atoms with Crippen LogP contribution in [0.25, 0.3) is 11.1 Å². The Morgan fingerprint density at radius 2 is 2.00 bits per heavy atom. The molecule has 0 bridgehead atoms. The zero-order valence-corrected chi connectivity index (χ0v) is 12.2. The number of aromatic hydroxyl groups is 1. The first-order valence-electron chi connectivity index (χ1n) is 7.00. The highest BCUT2D eigenvalue weighted by atomic mass is 16.5. The van der Waals surface area contributed by atoms with E-state index in [4.69, 9.17) is 4.74 Å². The lowest BCUT2D eigenvalue weighted by Gasteiger charge is -2.15. The molecule has 0 spiro atoms. The second kappa shape index (κ2) is 6.88. The topological polar surface area (TPSA) is 59.4 Å². The number of aromatic nitrogens is 1. The van der Waals surface area contributed by atoms with Gasteiger partial charge in [0.1, 0.15) is 5.75 Å². The molecule has 1 aromatic heterocycles. The SMILES string of the molecule is CCOC(=O)CC(C)c1cnccc1-c1ccc(O)cc1. The molecule has 1 N–H and O–H groups in total. The number of hydrogen-bond donors (Lipinski definition) is 1. The summed E-state index contributed by atoms with van der Waals surface area (Å²) >= 11 is 0. The fourth-order valence-corrected chi connectivity index (χ4v) is 2.28. The molecule has 1 unspecified atom stereocenters. The number of esters is 1. The molecule has 2 rings (SSSR count). The second-order valence-electron chi connectivity index (χ2n) is 4.92. The third kappa shape index (κ3) is 3.81. The lowest BCUT2D eigenvalue weighted by Crippen LogP contribution is -2.09. The van der Waals surface area contributed by atoms with Crippen LogP contribution >= 0.6 is 0 Å². The van der Waals surface area contributed by atoms with Gasteiger partial charge in [0.05, 0.1) is 13.0 Å². The molecule has 0 saturated carbocycles. The largest absolute Gasteiger partial charge is 0.508 e. The van der Waals surface area contributed by atoms with Crippen molar-refractivity contribution in [2.24, 2.45) is 0 Å². The Labute approximate surface area is 124 Å². The first kappa shape index (κ1) is 15.0. The van der Waals surface area contributed by atoms with E-state index < -0.39 is 0 Å². The fourth-order valence-electron chi connectivity index (χ4n) is 2.28. The van der Waals surface area contributed by atoms with Gasteiger partial charge in [0.2, 0.25) is 0 Å². The van der Waals surface area contributed by atoms with Crippen molar-refractivity contribution in [2.45, 2.75) is 26.2 Å². The van der Waals surface area contributed by atoms with Crippen LogP contribution < -0.4 is 0 Å². The Morgan fingerprint density at radius 3 is 2.67 bits per heavy atom. The number of hydrogen-bond acceptors (Lipinski definition) is 4. The zero-order chi connectivity index (χ0) is 15.2. The second-order valence-corrected chi connectivity index (χ2v) is 4.92. The number of ether oxygens (including phenoxy) is 1. The van der Waals surface area contributed by atoms with Gasteiger partial charge in [0.15, 0.2) is 0 Å². The molecule has 1 atom stereocenters. The van der Waals surface area contributed by atoms with Crippen molar-refractivity contribution in [2.75, 3.05) is 6.61 Å². The monoisotopic (exact) mass is 285 g/mol. The van der Waals surface area contributed by atoms with E-state index in [9.17, 15) is 9.90 Å². The molecule has 0 fully saturated rings. The number of phenolic OH excluding ortho intramolecular Hbond substituents is 1. The average molecular weight is 285 g/mol. The minimum atomic E-state index is -0.203. The third-order valence-electron chi connectivity index (χ3n) is 3.34. The van der Waals surface area contributed by atoms with Gasteiger partial charge in [0, 0.05) is 12.4 Å². The summed E-state index contributed by atoms with van der Waals surface area (Å²) in [5.41, 5.74) is 3.00. The van der Waals surface area contributed by atoms with Crippen LogP contribution in [0.5, 0.6) is 5.75 Å². The van der Waals surface area contributed by atoms with Crippen molar-refractivity contribution >= 4 is 5.97 Å². The van der Waals surface area contributed by atoms with Crippen LogP contribution in [-0.2, 0) is 9.53 Å². The van der Waals surface area contributed by atoms with Crippen LogP contribution in [-0.4, -0.2) is 22.7 Å². The number of carbonyl (C=O) groups is 1. The lowest BCUT2D eigenvalue weighted by molar-refractivity contribution is -0.143. The highest BCUT2D eigenvalue weighted by Crippen LogP contribution is 2.31. The van der Waals surface area contributed by atoms with Crippen molar-refractivity contribution in [1.82, 2.24) is 4.98 Å². The molecule has 0 aliphatic heterocycles. The van der Waals surface area contributed by atoms with Crippen LogP contribution in [0.3, 0.4) is 0 Å². The molecular formula is C17H19NO3. The molecule has 110 valence electrons. The number of carbonyl (C=O) groups excluding carboxylic acids is 1. The van der Waals surface area contributed by atoms with Crippen molar-refractivity contribution in [1.29, 1.82) is 0 Å². The molecule has 0 amide bonds. The number of phenols is 1. The molecule has 0 radical (unpaired) electrons. The standard InChI is InChI=1S/C17H19NO3/c1-3-21-17(20)10-12(2)16-11-18-9-8-15(16)13-4-6-14(19)7-5-13/h4-9,11-12,19H,3,10H2,1-2H3. The smallest absolute Gasteiger partial charge is 0.306 e. The van der Waals surface area contributed by atoms with Gasteiger partial charge in [-0.3, -0.25) is 9.78 Å². The van der Waals surface area contributed by atoms with Crippen molar-refractivity contribution < 1.29 is 14.6 Å². The van der Waals surface area contributed by atoms with Gasteiger partial charge >= 0.3 is 5.97 Å². The van der Waals surface area contributed by atoms with Crippen molar-refractivity contribution in [3.8, 4) is 16.9 Å². The predicted molar refractivity (Wildman–Crippen MR) is 81.0 cm³/mol. The minimum absolute atomic E-state index is 0.0153. The van der Waals surface area contributed by atoms with Gasteiger partial charge in [-0.15, -0.1) is 0 Å². The summed E-state index contributed by atoms with van der Waals surface area (Å²) < 4.78 is 5.00. The van der Waals surface area contributed by atoms with E-state index in [2.05, 4.69) is 4.98 Å². The van der Waals surface area contributed by atoms with E-state index >= 15 is 0 Å². The van der Waals surface area contributed by atoms with Gasteiger partial charge in [-0.2, -0.15) is 0 Å². The van der Waals surface area contributed by atoms with E-state index in [0.29, 0.717) is 13.0 Å². The Kier molecular flexibility index (Phi) is 4.93. The molecule has 21 heavy (non-hydrogen) atoms. The Balaban J connectivity index is 2.28. The Morgan fingerprint density at radius 1 is 1.29 bits per heavy atom. The highest BCUT2D eigenvalue weighted by molar-refractivity contribution is 5.73. The summed E-state index contributed by atoms with van der Waals surface area (Å²) in [6, 6.07) is 8.92. The van der Waals surface area contributed by atoms with E-state index in [1.807, 2.05) is 25.1 Å². The van der Waals surface area contributed by atoms with E-state index in [1.54, 1.807) is 31.5 Å². The minimum Gasteiger partial charge on any atom is -0.508 e. The Hall–Kier alpha value is -2.36. The van der Waals surface area contributed by atoms with Crippen LogP contribution in [0.15, 0.2) is 42.7 Å². The molecule has 0 aliphatic rings. The summed E-state index contributed by atoms with van der Waals surface area (Å²) in [5.74, 6) is 0.0426. The van der Waals surface area contributed by atoms with Gasteiger partial charge < -0.3 is 9.84 Å². The van der Waals surface area contributed by atoms with E-state index in [1.165, 1.54) is 0 Å². The highest BCUT2D eigenvalue weighted by Gasteiger charge is 2.16. The van der Waals surface area contributed by atoms with Gasteiger partial charge in [-0.25, -0.2) is 0 Å². The van der Waals surface area contributed by atoms with Crippen LogP contribution in [0.1, 0.15) is 31.7 Å². The van der Waals surface area contributed by atoms with E-state index in [0.717, 1.165) is 16.7 Å². The van der Waals surface area contributed by atoms with Crippen molar-refractivity contribution in [3.63, 3.8) is 0 Å². The van der Waals surface area contributed by atoms with Gasteiger partial charge in [-0.1, -0.05) is 19.1 Å². The maximum Gasteiger partial charge on any atom is 0.306 e. The third-order valence-corrected chi connectivity index (χ3v) is 3.34. The normalized spacial score (nSPS) is 11.9. The van der Waals surface area contributed by atoms with E-state index in [-0.39, 0.29) is 17.6 Å². The average Bonchev–Trinajstić information content (AvgIpc) is 2.48. The summed E-state index contributed by atoms with van der Waals surface area (Å²) in [5, 5.41) is 9.39. The molecule has 0 saturated heterocycles. The quantitative estimate of drug-likeness (QED) is 0.854. The number of pyridine rings is 1. The van der Waals surface area contributed by atoms with Crippen molar-refractivity contribution in [3.05, 3.63) is 48.3 Å². The molecule has 1 aromatic carbocycles. The summed E-state index contributed by atoms with van der Waals surface area (Å²) in [4.78, 5) is 15.8. The molecule has 4 heteroatoms. The van der Waals surface area contributed by atoms with Gasteiger partial charge in [0.25, 0.3) is 0 Å². The van der Waals surface area contributed by atoms with Gasteiger partial charge in [-0.05, 0) is 47.7 Å². The first-order valence-corrected chi connectivity index (χ1v) is 7.00. The van der Waals surface area contributed by atoms with Crippen LogP contribution in [0, 0.1) is 0 Å². The van der Waals surface area contributed by atoms with Crippen LogP contribution in [0.4, 0.5) is 0 Å². The number of benzene rings is 1. The molecule has 1 heterocycles. The molecule has 4 nitrogen and oxygen atoms in total. The maximum atomic E-state index is 11.6. The maximum absolute atomic E-state index is 11.6. The summed E-state index contributed by atoms with van der Waals surface area (Å²) in [6.07, 6.45) is 3.83. The summed E-state index contributed by atoms with van der Waals surface area (Å²) in [7, 11) is 0. The lowest BCUT2D eigenvalue weighted by atomic mass is 9.91. The number of nitrogens with zero attached hydrogens (tertiary/aromatic N) is 1. The molecular weight excluding hydrogens is 266 g/mol. The zero-order valence-electron chi connectivity index (χ0n) is 12.2. The summed E-state index contributed by atoms with van der Waals surface area (Å²) in [6.45, 7) is 4.18. The Bertz CT molecular complexity index is 608. The molecule has 0 aliphatic carbocycles. The van der Waals surface area contributed by atoms with Crippen LogP contribution in [0.2, 0.25) is 0 Å². The first-order chi connectivity index (χ1) is 10.1. The fraction of sp³-hybridized carbons (Fsp3) is 0.294.